The van der Waals surface area contributed by atoms with E-state index in [1.807, 2.05) is 0 Å². The first-order valence-electron chi connectivity index (χ1n) is 7.13. The van der Waals surface area contributed by atoms with Crippen molar-refractivity contribution in [2.45, 2.75) is 29.8 Å². The Bertz CT molecular complexity index is 1080. The van der Waals surface area contributed by atoms with Gasteiger partial charge in [-0.2, -0.15) is 0 Å². The maximum Gasteiger partial charge on any atom is 0.256 e. The Balaban J connectivity index is 1.82. The summed E-state index contributed by atoms with van der Waals surface area (Å²) in [4.78, 5) is 20.2. The SMILES string of the molecule is CS(=O)(=O)c1nc2c(c(=O)[nH]1)CN(Cc1ccc(S(=O)(=O)[O-])o1)CC2. The number of hydrogen-bond acceptors (Lipinski definition) is 9. The number of aromatic nitrogens is 2. The molecule has 1 aliphatic heterocycles. The van der Waals surface area contributed by atoms with Crippen molar-refractivity contribution >= 4 is 20.0 Å². The first kappa shape index (κ1) is 17.8. The third-order valence-corrected chi connectivity index (χ3v) is 5.35. The molecule has 2 aromatic heterocycles. The molecule has 0 aliphatic carbocycles. The smallest absolute Gasteiger partial charge is 0.256 e. The van der Waals surface area contributed by atoms with Crippen molar-refractivity contribution in [3.05, 3.63) is 39.5 Å². The molecule has 1 aliphatic rings. The molecule has 1 N–H and O–H groups in total. The number of H-pyrrole nitrogens is 1. The second-order valence-corrected chi connectivity index (χ2v) is 8.95. The van der Waals surface area contributed by atoms with Crippen LogP contribution in [0.1, 0.15) is 17.0 Å². The lowest BCUT2D eigenvalue weighted by Crippen LogP contribution is -2.36. The summed E-state index contributed by atoms with van der Waals surface area (Å²) in [5.41, 5.74) is 0.238. The van der Waals surface area contributed by atoms with Crippen molar-refractivity contribution < 1.29 is 25.8 Å². The topological polar surface area (TPSA) is 153 Å². The molecule has 0 bridgehead atoms. The molecule has 0 amide bonds. The number of hydrogen-bond donors (Lipinski definition) is 1. The number of fused-ring (bicyclic) bond motifs is 1. The van der Waals surface area contributed by atoms with Crippen LogP contribution in [-0.2, 0) is 39.5 Å². The first-order chi connectivity index (χ1) is 11.5. The molecule has 0 unspecified atom stereocenters. The molecule has 10 nitrogen and oxygen atoms in total. The van der Waals surface area contributed by atoms with Crippen molar-refractivity contribution in [1.29, 1.82) is 0 Å². The van der Waals surface area contributed by atoms with E-state index in [1.54, 1.807) is 4.90 Å². The highest BCUT2D eigenvalue weighted by Gasteiger charge is 2.24. The lowest BCUT2D eigenvalue weighted by atomic mass is 10.1. The second-order valence-electron chi connectivity index (χ2n) is 5.70. The molecule has 0 aromatic carbocycles. The Morgan fingerprint density at radius 3 is 2.64 bits per heavy atom. The van der Waals surface area contributed by atoms with Crippen molar-refractivity contribution in [2.75, 3.05) is 12.8 Å². The Morgan fingerprint density at radius 2 is 2.04 bits per heavy atom. The predicted molar refractivity (Wildman–Crippen MR) is 82.5 cm³/mol. The molecule has 0 atom stereocenters. The van der Waals surface area contributed by atoms with Gasteiger partial charge in [-0.15, -0.1) is 0 Å². The minimum absolute atomic E-state index is 0.196. The average Bonchev–Trinajstić information content (AvgIpc) is 2.95. The molecule has 3 rings (SSSR count). The van der Waals surface area contributed by atoms with Crippen LogP contribution in [0.5, 0.6) is 0 Å². The normalized spacial score (nSPS) is 15.9. The summed E-state index contributed by atoms with van der Waals surface area (Å²) >= 11 is 0. The van der Waals surface area contributed by atoms with E-state index in [0.717, 1.165) is 12.3 Å². The van der Waals surface area contributed by atoms with E-state index >= 15 is 0 Å². The van der Waals surface area contributed by atoms with E-state index in [0.29, 0.717) is 24.2 Å². The summed E-state index contributed by atoms with van der Waals surface area (Å²) < 4.78 is 60.8. The molecule has 12 heteroatoms. The monoisotopic (exact) mass is 388 g/mol. The van der Waals surface area contributed by atoms with Gasteiger partial charge in [0.05, 0.1) is 17.8 Å². The Morgan fingerprint density at radius 1 is 1.32 bits per heavy atom. The van der Waals surface area contributed by atoms with E-state index in [4.69, 9.17) is 4.42 Å². The quantitative estimate of drug-likeness (QED) is 0.525. The summed E-state index contributed by atoms with van der Waals surface area (Å²) in [5.74, 6) is 0.273. The number of nitrogens with one attached hydrogen (secondary N) is 1. The highest BCUT2D eigenvalue weighted by atomic mass is 32.2. The summed E-state index contributed by atoms with van der Waals surface area (Å²) in [6, 6.07) is 2.47. The van der Waals surface area contributed by atoms with Gasteiger partial charge in [0.25, 0.3) is 5.56 Å². The fourth-order valence-electron chi connectivity index (χ4n) is 2.57. The van der Waals surface area contributed by atoms with Gasteiger partial charge < -0.3 is 8.97 Å². The molecule has 136 valence electrons. The molecule has 0 saturated carbocycles. The molecule has 25 heavy (non-hydrogen) atoms. The Labute approximate surface area is 143 Å². The maximum absolute atomic E-state index is 12.1. The van der Waals surface area contributed by atoms with Crippen LogP contribution < -0.4 is 5.56 Å². The van der Waals surface area contributed by atoms with Crippen molar-refractivity contribution in [2.24, 2.45) is 0 Å². The summed E-state index contributed by atoms with van der Waals surface area (Å²) in [6.07, 6.45) is 1.32. The van der Waals surface area contributed by atoms with Crippen LogP contribution in [0.25, 0.3) is 0 Å². The van der Waals surface area contributed by atoms with Gasteiger partial charge in [0.15, 0.2) is 10.1 Å². The third kappa shape index (κ3) is 3.81. The Hall–Kier alpha value is -2.02. The van der Waals surface area contributed by atoms with Crippen LogP contribution in [-0.4, -0.2) is 49.1 Å². The number of rotatable bonds is 4. The van der Waals surface area contributed by atoms with Gasteiger partial charge >= 0.3 is 0 Å². The van der Waals surface area contributed by atoms with E-state index in [2.05, 4.69) is 9.97 Å². The van der Waals surface area contributed by atoms with Gasteiger partial charge in [0.1, 0.15) is 5.76 Å². The second kappa shape index (κ2) is 6.05. The van der Waals surface area contributed by atoms with Crippen molar-refractivity contribution in [1.82, 2.24) is 14.9 Å². The average molecular weight is 388 g/mol. The molecular formula is C13H14N3O7S2-. The predicted octanol–water partition coefficient (Wildman–Crippen LogP) is -0.771. The van der Waals surface area contributed by atoms with Crippen LogP contribution in [0.4, 0.5) is 0 Å². The molecule has 0 fully saturated rings. The molecule has 2 aromatic rings. The van der Waals surface area contributed by atoms with Gasteiger partial charge in [0.2, 0.25) is 20.1 Å². The minimum atomic E-state index is -4.65. The summed E-state index contributed by atoms with van der Waals surface area (Å²) in [7, 11) is -8.27. The van der Waals surface area contributed by atoms with E-state index < -0.39 is 30.6 Å². The fourth-order valence-corrected chi connectivity index (χ4v) is 3.56. The fraction of sp³-hybridized carbons (Fsp3) is 0.385. The number of nitrogens with zero attached hydrogens (tertiary/aromatic N) is 2. The van der Waals surface area contributed by atoms with Gasteiger partial charge in [-0.05, 0) is 12.1 Å². The van der Waals surface area contributed by atoms with Crippen LogP contribution in [0.3, 0.4) is 0 Å². The molecule has 3 heterocycles. The zero-order valence-electron chi connectivity index (χ0n) is 13.1. The van der Waals surface area contributed by atoms with E-state index in [-0.39, 0.29) is 24.0 Å². The van der Waals surface area contributed by atoms with E-state index in [1.165, 1.54) is 6.07 Å². The maximum atomic E-state index is 12.1. The van der Waals surface area contributed by atoms with Crippen molar-refractivity contribution in [3.63, 3.8) is 0 Å². The van der Waals surface area contributed by atoms with Crippen molar-refractivity contribution in [3.8, 4) is 0 Å². The third-order valence-electron chi connectivity index (χ3n) is 3.74. The highest BCUT2D eigenvalue weighted by Crippen LogP contribution is 2.20. The zero-order chi connectivity index (χ0) is 18.4. The van der Waals surface area contributed by atoms with Gasteiger partial charge in [0, 0.05) is 25.8 Å². The molecule has 0 spiro atoms. The van der Waals surface area contributed by atoms with Gasteiger partial charge in [-0.1, -0.05) is 0 Å². The van der Waals surface area contributed by atoms with Gasteiger partial charge in [-0.25, -0.2) is 21.8 Å². The molecule has 0 radical (unpaired) electrons. The summed E-state index contributed by atoms with van der Waals surface area (Å²) in [6.45, 7) is 0.858. The van der Waals surface area contributed by atoms with Crippen LogP contribution in [0.15, 0.2) is 31.6 Å². The number of furan rings is 1. The van der Waals surface area contributed by atoms with Crippen LogP contribution >= 0.6 is 0 Å². The lowest BCUT2D eigenvalue weighted by Gasteiger charge is -2.26. The van der Waals surface area contributed by atoms with Crippen LogP contribution in [0.2, 0.25) is 0 Å². The highest BCUT2D eigenvalue weighted by molar-refractivity contribution is 7.90. The standard InChI is InChI=1S/C13H15N3O7S2/c1-24(18,19)13-14-10-4-5-16(7-9(10)12(17)15-13)6-8-2-3-11(23-8)25(20,21)22/h2-3H,4-7H2,1H3,(H,14,15,17)(H,20,21,22)/p-1. The number of sulfone groups is 1. The first-order valence-corrected chi connectivity index (χ1v) is 10.4. The largest absolute Gasteiger partial charge is 0.742 e. The van der Waals surface area contributed by atoms with Crippen LogP contribution in [0, 0.1) is 0 Å². The molecular weight excluding hydrogens is 374 g/mol. The number of aromatic amines is 1. The lowest BCUT2D eigenvalue weighted by molar-refractivity contribution is 0.215. The zero-order valence-corrected chi connectivity index (χ0v) is 14.7. The van der Waals surface area contributed by atoms with E-state index in [9.17, 15) is 26.2 Å². The minimum Gasteiger partial charge on any atom is -0.742 e. The molecule has 0 saturated heterocycles. The summed E-state index contributed by atoms with van der Waals surface area (Å²) in [5, 5.41) is -1.02. The Kier molecular flexibility index (Phi) is 4.31. The van der Waals surface area contributed by atoms with Gasteiger partial charge in [-0.3, -0.25) is 14.7 Å².